The van der Waals surface area contributed by atoms with E-state index in [1.807, 2.05) is 0 Å². The maximum atomic E-state index is 11.6. The second-order valence-electron chi connectivity index (χ2n) is 3.53. The number of carbonyl (C=O) groups is 2. The van der Waals surface area contributed by atoms with Crippen molar-refractivity contribution in [2.24, 2.45) is 5.73 Å². The van der Waals surface area contributed by atoms with Gasteiger partial charge in [-0.15, -0.1) is 5.10 Å². The number of carboxylic acids is 1. The van der Waals surface area contributed by atoms with Crippen molar-refractivity contribution in [2.75, 3.05) is 13.2 Å². The Morgan fingerprint density at radius 3 is 2.83 bits per heavy atom. The molecule has 1 aromatic rings. The Bertz CT molecular complexity index is 419. The molecule has 0 aliphatic carbocycles. The fraction of sp³-hybridized carbons (Fsp3) is 0.556. The smallest absolute Gasteiger partial charge is 0.326 e. The van der Waals surface area contributed by atoms with E-state index in [9.17, 15) is 9.59 Å². The van der Waals surface area contributed by atoms with Crippen LogP contribution in [0.3, 0.4) is 0 Å². The molecule has 1 rings (SSSR count). The third-order valence-corrected chi connectivity index (χ3v) is 2.15. The molecule has 1 heterocycles. The Morgan fingerprint density at radius 1 is 1.56 bits per heavy atom. The summed E-state index contributed by atoms with van der Waals surface area (Å²) < 4.78 is 1.39. The number of hydrogen-bond acceptors (Lipinski definition) is 6. The number of carbonyl (C=O) groups excluding carboxylic acids is 1. The quantitative estimate of drug-likeness (QED) is 0.434. The maximum absolute atomic E-state index is 11.6. The highest BCUT2D eigenvalue weighted by molar-refractivity contribution is 5.94. The molecule has 1 atom stereocenters. The molecule has 0 saturated carbocycles. The van der Waals surface area contributed by atoms with Crippen LogP contribution in [-0.4, -0.2) is 56.3 Å². The Balaban J connectivity index is 2.64. The van der Waals surface area contributed by atoms with Gasteiger partial charge in [0.1, 0.15) is 6.04 Å². The second-order valence-corrected chi connectivity index (χ2v) is 3.53. The van der Waals surface area contributed by atoms with E-state index in [-0.39, 0.29) is 18.7 Å². The lowest BCUT2D eigenvalue weighted by Gasteiger charge is -2.11. The molecule has 0 aliphatic rings. The standard InChI is InChI=1S/C9H15N5O4/c10-2-3-14-5-7(12-13-14)8(16)11-6(1-4-15)9(17)18/h5-6,15H,1-4,10H2,(H,11,16)(H,17,18)/t6-/m1/s1. The summed E-state index contributed by atoms with van der Waals surface area (Å²) in [7, 11) is 0. The molecule has 0 spiro atoms. The molecule has 0 unspecified atom stereocenters. The molecule has 0 aromatic carbocycles. The SMILES string of the molecule is NCCn1cc(C(=O)N[C@H](CCO)C(=O)O)nn1. The van der Waals surface area contributed by atoms with E-state index >= 15 is 0 Å². The minimum absolute atomic E-state index is 0.00707. The summed E-state index contributed by atoms with van der Waals surface area (Å²) in [6.07, 6.45) is 1.30. The average molecular weight is 257 g/mol. The molecule has 9 heteroatoms. The summed E-state index contributed by atoms with van der Waals surface area (Å²) >= 11 is 0. The molecule has 0 aliphatic heterocycles. The van der Waals surface area contributed by atoms with Gasteiger partial charge in [0.05, 0.1) is 12.7 Å². The number of nitrogens with two attached hydrogens (primary N) is 1. The molecule has 0 bridgehead atoms. The van der Waals surface area contributed by atoms with Crippen LogP contribution in [0.25, 0.3) is 0 Å². The van der Waals surface area contributed by atoms with Gasteiger partial charge in [-0.25, -0.2) is 4.79 Å². The third kappa shape index (κ3) is 3.79. The lowest BCUT2D eigenvalue weighted by Crippen LogP contribution is -2.41. The van der Waals surface area contributed by atoms with Gasteiger partial charge in [-0.3, -0.25) is 9.48 Å². The Morgan fingerprint density at radius 2 is 2.28 bits per heavy atom. The summed E-state index contributed by atoms with van der Waals surface area (Å²) in [6.45, 7) is 0.434. The van der Waals surface area contributed by atoms with Crippen molar-refractivity contribution in [3.8, 4) is 0 Å². The first-order valence-electron chi connectivity index (χ1n) is 5.33. The average Bonchev–Trinajstić information content (AvgIpc) is 2.77. The van der Waals surface area contributed by atoms with Crippen LogP contribution in [0.15, 0.2) is 6.20 Å². The van der Waals surface area contributed by atoms with Crippen molar-refractivity contribution in [1.29, 1.82) is 0 Å². The van der Waals surface area contributed by atoms with Crippen LogP contribution in [0.2, 0.25) is 0 Å². The second kappa shape index (κ2) is 6.67. The van der Waals surface area contributed by atoms with Gasteiger partial charge in [0.25, 0.3) is 5.91 Å². The normalized spacial score (nSPS) is 12.1. The van der Waals surface area contributed by atoms with Gasteiger partial charge in [-0.05, 0) is 0 Å². The highest BCUT2D eigenvalue weighted by Crippen LogP contribution is 1.97. The molecule has 0 radical (unpaired) electrons. The molecular formula is C9H15N5O4. The number of nitrogens with zero attached hydrogens (tertiary/aromatic N) is 3. The number of carboxylic acid groups (broad SMARTS) is 1. The van der Waals surface area contributed by atoms with Crippen LogP contribution in [-0.2, 0) is 11.3 Å². The van der Waals surface area contributed by atoms with E-state index in [1.54, 1.807) is 0 Å². The minimum atomic E-state index is -1.22. The van der Waals surface area contributed by atoms with Crippen molar-refractivity contribution in [2.45, 2.75) is 19.0 Å². The number of aliphatic carboxylic acids is 1. The predicted octanol–water partition coefficient (Wildman–Crippen LogP) is -2.20. The molecule has 9 nitrogen and oxygen atoms in total. The molecule has 0 saturated heterocycles. The highest BCUT2D eigenvalue weighted by atomic mass is 16.4. The maximum Gasteiger partial charge on any atom is 0.326 e. The topological polar surface area (TPSA) is 143 Å². The zero-order valence-electron chi connectivity index (χ0n) is 9.61. The summed E-state index contributed by atoms with van der Waals surface area (Å²) in [5.41, 5.74) is 5.32. The molecule has 5 N–H and O–H groups in total. The van der Waals surface area contributed by atoms with Gasteiger partial charge in [0, 0.05) is 19.6 Å². The van der Waals surface area contributed by atoms with Crippen LogP contribution >= 0.6 is 0 Å². The van der Waals surface area contributed by atoms with E-state index < -0.39 is 17.9 Å². The summed E-state index contributed by atoms with van der Waals surface area (Å²) in [5.74, 6) is -1.87. The van der Waals surface area contributed by atoms with E-state index in [0.717, 1.165) is 0 Å². The van der Waals surface area contributed by atoms with Gasteiger partial charge in [0.2, 0.25) is 0 Å². The Kier molecular flexibility index (Phi) is 5.21. The molecule has 1 aromatic heterocycles. The van der Waals surface area contributed by atoms with Crippen LogP contribution < -0.4 is 11.1 Å². The summed E-state index contributed by atoms with van der Waals surface area (Å²) in [6, 6.07) is -1.15. The predicted molar refractivity (Wildman–Crippen MR) is 59.7 cm³/mol. The van der Waals surface area contributed by atoms with Crippen molar-refractivity contribution in [3.63, 3.8) is 0 Å². The van der Waals surface area contributed by atoms with E-state index in [1.165, 1.54) is 10.9 Å². The number of aliphatic hydroxyl groups is 1. The first-order chi connectivity index (χ1) is 8.58. The van der Waals surface area contributed by atoms with E-state index in [0.29, 0.717) is 13.1 Å². The zero-order chi connectivity index (χ0) is 13.5. The number of aromatic nitrogens is 3. The van der Waals surface area contributed by atoms with E-state index in [2.05, 4.69) is 15.6 Å². The largest absolute Gasteiger partial charge is 0.480 e. The van der Waals surface area contributed by atoms with Gasteiger partial charge in [-0.1, -0.05) is 5.21 Å². The van der Waals surface area contributed by atoms with Gasteiger partial charge >= 0.3 is 5.97 Å². The van der Waals surface area contributed by atoms with Crippen LogP contribution in [0.4, 0.5) is 0 Å². The number of aliphatic hydroxyl groups excluding tert-OH is 1. The van der Waals surface area contributed by atoms with Gasteiger partial charge in [0.15, 0.2) is 5.69 Å². The summed E-state index contributed by atoms with van der Waals surface area (Å²) in [5, 5.41) is 27.0. The summed E-state index contributed by atoms with van der Waals surface area (Å²) in [4.78, 5) is 22.4. The van der Waals surface area contributed by atoms with Crippen LogP contribution in [0.5, 0.6) is 0 Å². The Labute approximate surface area is 103 Å². The highest BCUT2D eigenvalue weighted by Gasteiger charge is 2.21. The van der Waals surface area contributed by atoms with Crippen LogP contribution in [0, 0.1) is 0 Å². The molecular weight excluding hydrogens is 242 g/mol. The number of nitrogens with one attached hydrogen (secondary N) is 1. The Hall–Kier alpha value is -2.00. The van der Waals surface area contributed by atoms with E-state index in [4.69, 9.17) is 15.9 Å². The molecule has 1 amide bonds. The number of hydrogen-bond donors (Lipinski definition) is 4. The zero-order valence-corrected chi connectivity index (χ0v) is 9.61. The van der Waals surface area contributed by atoms with Crippen LogP contribution in [0.1, 0.15) is 16.9 Å². The first-order valence-corrected chi connectivity index (χ1v) is 5.33. The monoisotopic (exact) mass is 257 g/mol. The lowest BCUT2D eigenvalue weighted by atomic mass is 10.2. The molecule has 100 valence electrons. The van der Waals surface area contributed by atoms with Crippen molar-refractivity contribution >= 4 is 11.9 Å². The third-order valence-electron chi connectivity index (χ3n) is 2.15. The van der Waals surface area contributed by atoms with Crippen molar-refractivity contribution in [1.82, 2.24) is 20.3 Å². The van der Waals surface area contributed by atoms with Crippen molar-refractivity contribution < 1.29 is 19.8 Å². The fourth-order valence-corrected chi connectivity index (χ4v) is 1.26. The molecule has 18 heavy (non-hydrogen) atoms. The lowest BCUT2D eigenvalue weighted by molar-refractivity contribution is -0.139. The first kappa shape index (κ1) is 14.1. The molecule has 0 fully saturated rings. The minimum Gasteiger partial charge on any atom is -0.480 e. The number of rotatable bonds is 7. The van der Waals surface area contributed by atoms with Crippen molar-refractivity contribution in [3.05, 3.63) is 11.9 Å². The van der Waals surface area contributed by atoms with Gasteiger partial charge < -0.3 is 21.3 Å². The van der Waals surface area contributed by atoms with Gasteiger partial charge in [-0.2, -0.15) is 0 Å². The fourth-order valence-electron chi connectivity index (χ4n) is 1.26. The number of amides is 1.